The van der Waals surface area contributed by atoms with Crippen LogP contribution < -0.4 is 16.2 Å². The van der Waals surface area contributed by atoms with Gasteiger partial charge in [-0.1, -0.05) is 6.07 Å². The predicted octanol–water partition coefficient (Wildman–Crippen LogP) is 3.35. The summed E-state index contributed by atoms with van der Waals surface area (Å²) in [6.45, 7) is 3.77. The number of nitrogen functional groups attached to an aromatic ring is 1. The molecule has 1 amide bonds. The molecule has 0 spiro atoms. The fourth-order valence-electron chi connectivity index (χ4n) is 3.78. The summed E-state index contributed by atoms with van der Waals surface area (Å²) in [5.41, 5.74) is 14.9. The largest absolute Gasteiger partial charge is 0.496 e. The number of aryl methyl sites for hydroxylation is 1. The molecule has 1 fully saturated rings. The third-order valence-corrected chi connectivity index (χ3v) is 5.25. The van der Waals surface area contributed by atoms with Gasteiger partial charge in [-0.25, -0.2) is 4.39 Å². The maximum absolute atomic E-state index is 15.5. The molecule has 4 rings (SSSR count). The normalized spacial score (nSPS) is 13.9. The van der Waals surface area contributed by atoms with Crippen molar-refractivity contribution in [2.24, 2.45) is 5.73 Å². The van der Waals surface area contributed by atoms with E-state index in [0.717, 1.165) is 24.0 Å². The average Bonchev–Trinajstić information content (AvgIpc) is 3.40. The monoisotopic (exact) mass is 368 g/mol. The Bertz CT molecular complexity index is 1100. The SMILES string of the molecule is COc1ccc(C)c(-n2c(N)c(C(N)=O)c3cnc(C4CC4)c(F)c32)c1C. The number of carbonyl (C=O) groups excluding carboxylic acids is 1. The molecule has 1 aliphatic carbocycles. The molecule has 0 saturated heterocycles. The number of nitrogens with zero attached hydrogens (tertiary/aromatic N) is 2. The average molecular weight is 368 g/mol. The molecule has 0 aliphatic heterocycles. The van der Waals surface area contributed by atoms with Gasteiger partial charge in [-0.15, -0.1) is 0 Å². The van der Waals surface area contributed by atoms with Crippen molar-refractivity contribution >= 4 is 22.6 Å². The first-order valence-electron chi connectivity index (χ1n) is 8.79. The van der Waals surface area contributed by atoms with Crippen LogP contribution in [0, 0.1) is 19.7 Å². The van der Waals surface area contributed by atoms with Crippen molar-refractivity contribution in [1.29, 1.82) is 0 Å². The molecule has 4 N–H and O–H groups in total. The number of anilines is 1. The Kier molecular flexibility index (Phi) is 3.83. The quantitative estimate of drug-likeness (QED) is 0.738. The lowest BCUT2D eigenvalue weighted by Crippen LogP contribution is -2.14. The minimum absolute atomic E-state index is 0.0837. The molecule has 1 aliphatic rings. The molecular formula is C20H21FN4O2. The Hall–Kier alpha value is -3.09. The Morgan fingerprint density at radius 3 is 2.63 bits per heavy atom. The van der Waals surface area contributed by atoms with Crippen molar-refractivity contribution in [2.75, 3.05) is 12.8 Å². The minimum atomic E-state index is -0.713. The number of ether oxygens (including phenoxy) is 1. The highest BCUT2D eigenvalue weighted by Gasteiger charge is 2.32. The molecular weight excluding hydrogens is 347 g/mol. The fourth-order valence-corrected chi connectivity index (χ4v) is 3.78. The molecule has 2 aromatic heterocycles. The van der Waals surface area contributed by atoms with Crippen molar-refractivity contribution in [3.05, 3.63) is 46.5 Å². The van der Waals surface area contributed by atoms with Crippen molar-refractivity contribution in [3.63, 3.8) is 0 Å². The Labute approximate surface area is 155 Å². The number of methoxy groups -OCH3 is 1. The van der Waals surface area contributed by atoms with Crippen LogP contribution in [-0.2, 0) is 0 Å². The van der Waals surface area contributed by atoms with Gasteiger partial charge < -0.3 is 16.2 Å². The lowest BCUT2D eigenvalue weighted by molar-refractivity contribution is 0.100. The molecule has 6 nitrogen and oxygen atoms in total. The second-order valence-electron chi connectivity index (χ2n) is 7.01. The lowest BCUT2D eigenvalue weighted by atomic mass is 10.1. The van der Waals surface area contributed by atoms with Crippen molar-refractivity contribution in [2.45, 2.75) is 32.6 Å². The highest BCUT2D eigenvalue weighted by Crippen LogP contribution is 2.44. The van der Waals surface area contributed by atoms with E-state index in [-0.39, 0.29) is 22.8 Å². The molecule has 1 saturated carbocycles. The van der Waals surface area contributed by atoms with E-state index in [9.17, 15) is 4.79 Å². The second kappa shape index (κ2) is 5.97. The number of primary amides is 1. The maximum atomic E-state index is 15.5. The van der Waals surface area contributed by atoms with Crippen LogP contribution in [0.3, 0.4) is 0 Å². The number of pyridine rings is 1. The Balaban J connectivity index is 2.17. The number of amides is 1. The van der Waals surface area contributed by atoms with Gasteiger partial charge in [0, 0.05) is 23.1 Å². The fraction of sp³-hybridized carbons (Fsp3) is 0.300. The van der Waals surface area contributed by atoms with Gasteiger partial charge in [0.05, 0.1) is 29.6 Å². The van der Waals surface area contributed by atoms with Crippen LogP contribution >= 0.6 is 0 Å². The van der Waals surface area contributed by atoms with Gasteiger partial charge in [-0.05, 0) is 38.3 Å². The maximum Gasteiger partial charge on any atom is 0.253 e. The molecule has 0 radical (unpaired) electrons. The van der Waals surface area contributed by atoms with Crippen molar-refractivity contribution < 1.29 is 13.9 Å². The summed E-state index contributed by atoms with van der Waals surface area (Å²) in [6.07, 6.45) is 3.32. The molecule has 1 aromatic carbocycles. The Morgan fingerprint density at radius 1 is 1.33 bits per heavy atom. The zero-order valence-corrected chi connectivity index (χ0v) is 15.5. The number of hydrogen-bond donors (Lipinski definition) is 2. The van der Waals surface area contributed by atoms with Gasteiger partial charge in [-0.2, -0.15) is 0 Å². The number of benzene rings is 1. The van der Waals surface area contributed by atoms with Gasteiger partial charge in [-0.3, -0.25) is 14.3 Å². The van der Waals surface area contributed by atoms with E-state index < -0.39 is 11.7 Å². The highest BCUT2D eigenvalue weighted by atomic mass is 19.1. The van der Waals surface area contributed by atoms with Crippen LogP contribution in [0.2, 0.25) is 0 Å². The first-order valence-corrected chi connectivity index (χ1v) is 8.79. The summed E-state index contributed by atoms with van der Waals surface area (Å²) in [5, 5.41) is 0.323. The van der Waals surface area contributed by atoms with Crippen LogP contribution in [0.5, 0.6) is 5.75 Å². The second-order valence-corrected chi connectivity index (χ2v) is 7.01. The van der Waals surface area contributed by atoms with E-state index in [2.05, 4.69) is 4.98 Å². The number of nitrogens with two attached hydrogens (primary N) is 2. The first kappa shape index (κ1) is 17.3. The number of hydrogen-bond acceptors (Lipinski definition) is 4. The highest BCUT2D eigenvalue weighted by molar-refractivity contribution is 6.11. The summed E-state index contributed by atoms with van der Waals surface area (Å²) in [6, 6.07) is 3.72. The Morgan fingerprint density at radius 2 is 2.04 bits per heavy atom. The van der Waals surface area contributed by atoms with Gasteiger partial charge in [0.25, 0.3) is 5.91 Å². The van der Waals surface area contributed by atoms with E-state index in [1.54, 1.807) is 11.7 Å². The third kappa shape index (κ3) is 2.45. The van der Waals surface area contributed by atoms with Gasteiger partial charge in [0.2, 0.25) is 0 Å². The number of carbonyl (C=O) groups is 1. The molecule has 0 atom stereocenters. The van der Waals surface area contributed by atoms with Gasteiger partial charge in [0.15, 0.2) is 5.82 Å². The van der Waals surface area contributed by atoms with E-state index in [1.807, 2.05) is 26.0 Å². The molecule has 140 valence electrons. The third-order valence-electron chi connectivity index (χ3n) is 5.25. The van der Waals surface area contributed by atoms with Crippen LogP contribution in [0.1, 0.15) is 45.9 Å². The van der Waals surface area contributed by atoms with Crippen LogP contribution in [-0.4, -0.2) is 22.6 Å². The van der Waals surface area contributed by atoms with Crippen LogP contribution in [0.25, 0.3) is 16.6 Å². The summed E-state index contributed by atoms with van der Waals surface area (Å²) < 4.78 is 22.5. The zero-order valence-electron chi connectivity index (χ0n) is 15.5. The number of fused-ring (bicyclic) bond motifs is 1. The van der Waals surface area contributed by atoms with Crippen molar-refractivity contribution in [1.82, 2.24) is 9.55 Å². The van der Waals surface area contributed by atoms with Gasteiger partial charge >= 0.3 is 0 Å². The number of halogens is 1. The molecule has 2 heterocycles. The smallest absolute Gasteiger partial charge is 0.253 e. The summed E-state index contributed by atoms with van der Waals surface area (Å²) in [5.74, 6) is -0.297. The van der Waals surface area contributed by atoms with E-state index in [0.29, 0.717) is 22.5 Å². The summed E-state index contributed by atoms with van der Waals surface area (Å²) in [4.78, 5) is 16.3. The summed E-state index contributed by atoms with van der Waals surface area (Å²) in [7, 11) is 1.57. The van der Waals surface area contributed by atoms with E-state index in [4.69, 9.17) is 16.2 Å². The molecule has 27 heavy (non-hydrogen) atoms. The van der Waals surface area contributed by atoms with Crippen LogP contribution in [0.4, 0.5) is 10.2 Å². The van der Waals surface area contributed by atoms with Crippen LogP contribution in [0.15, 0.2) is 18.3 Å². The number of rotatable bonds is 4. The number of aromatic nitrogens is 2. The molecule has 0 unspecified atom stereocenters. The van der Waals surface area contributed by atoms with E-state index >= 15 is 4.39 Å². The van der Waals surface area contributed by atoms with Crippen molar-refractivity contribution in [3.8, 4) is 11.4 Å². The summed E-state index contributed by atoms with van der Waals surface area (Å²) >= 11 is 0. The lowest BCUT2D eigenvalue weighted by Gasteiger charge is -2.17. The molecule has 7 heteroatoms. The standard InChI is InChI=1S/C20H21FN4O2/c1-9-4-7-13(27-3)10(2)17(9)25-18-12(14(19(25)22)20(23)26)8-24-16(15(18)21)11-5-6-11/h4,7-8,11H,5-6,22H2,1-3H3,(H2,23,26). The van der Waals surface area contributed by atoms with Gasteiger partial charge in [0.1, 0.15) is 11.6 Å². The first-order chi connectivity index (χ1) is 12.9. The molecule has 0 bridgehead atoms. The topological polar surface area (TPSA) is 96.2 Å². The zero-order chi connectivity index (χ0) is 19.5. The minimum Gasteiger partial charge on any atom is -0.496 e. The van der Waals surface area contributed by atoms with E-state index in [1.165, 1.54) is 6.20 Å². The predicted molar refractivity (Wildman–Crippen MR) is 102 cm³/mol. The molecule has 3 aromatic rings.